The van der Waals surface area contributed by atoms with Crippen LogP contribution in [0.25, 0.3) is 0 Å². The molecule has 2 fully saturated rings. The first-order chi connectivity index (χ1) is 6.55. The van der Waals surface area contributed by atoms with Crippen molar-refractivity contribution in [2.24, 2.45) is 5.92 Å². The van der Waals surface area contributed by atoms with Gasteiger partial charge < -0.3 is 10.2 Å². The van der Waals surface area contributed by atoms with Crippen LogP contribution in [0.1, 0.15) is 20.8 Å². The Morgan fingerprint density at radius 1 is 1.64 bits per heavy atom. The van der Waals surface area contributed by atoms with Crippen molar-refractivity contribution in [1.29, 1.82) is 0 Å². The molecule has 0 aromatic rings. The summed E-state index contributed by atoms with van der Waals surface area (Å²) in [7, 11) is 0. The summed E-state index contributed by atoms with van der Waals surface area (Å²) >= 11 is 1.78. The smallest absolute Gasteiger partial charge is 0.233 e. The summed E-state index contributed by atoms with van der Waals surface area (Å²) in [6.07, 6.45) is 0. The van der Waals surface area contributed by atoms with Crippen molar-refractivity contribution >= 4 is 17.7 Å². The van der Waals surface area contributed by atoms with Crippen molar-refractivity contribution in [2.45, 2.75) is 31.7 Å². The van der Waals surface area contributed by atoms with E-state index in [1.165, 1.54) is 0 Å². The normalized spacial score (nSPS) is 37.9. The minimum atomic E-state index is 0.0784. The number of nitrogens with one attached hydrogen (secondary N) is 1. The van der Waals surface area contributed by atoms with Gasteiger partial charge in [-0.2, -0.15) is 0 Å². The van der Waals surface area contributed by atoms with E-state index < -0.39 is 0 Å². The van der Waals surface area contributed by atoms with Gasteiger partial charge in [0.15, 0.2) is 0 Å². The predicted octanol–water partition coefficient (Wildman–Crippen LogP) is 0.906. The zero-order valence-corrected chi connectivity index (χ0v) is 9.86. The van der Waals surface area contributed by atoms with Gasteiger partial charge in [-0.15, -0.1) is 11.8 Å². The molecule has 0 saturated carbocycles. The van der Waals surface area contributed by atoms with Crippen LogP contribution in [0.5, 0.6) is 0 Å². The lowest BCUT2D eigenvalue weighted by molar-refractivity contribution is -0.130. The van der Waals surface area contributed by atoms with E-state index in [2.05, 4.69) is 26.1 Å². The molecule has 2 rings (SSSR count). The van der Waals surface area contributed by atoms with Crippen molar-refractivity contribution in [3.05, 3.63) is 0 Å². The summed E-state index contributed by atoms with van der Waals surface area (Å²) in [5.74, 6) is 1.52. The van der Waals surface area contributed by atoms with Gasteiger partial charge in [0.1, 0.15) is 0 Å². The molecule has 0 radical (unpaired) electrons. The van der Waals surface area contributed by atoms with E-state index in [4.69, 9.17) is 0 Å². The van der Waals surface area contributed by atoms with Gasteiger partial charge in [-0.25, -0.2) is 0 Å². The second-order valence-corrected chi connectivity index (χ2v) is 5.68. The molecule has 1 amide bonds. The van der Waals surface area contributed by atoms with Gasteiger partial charge in [-0.05, 0) is 12.8 Å². The lowest BCUT2D eigenvalue weighted by Crippen LogP contribution is -2.65. The maximum absolute atomic E-state index is 11.6. The van der Waals surface area contributed by atoms with Crippen LogP contribution < -0.4 is 5.32 Å². The Balaban J connectivity index is 2.24. The Labute approximate surface area is 89.6 Å². The van der Waals surface area contributed by atoms with E-state index in [1.807, 2.05) is 4.90 Å². The third kappa shape index (κ3) is 1.36. The summed E-state index contributed by atoms with van der Waals surface area (Å²) in [4.78, 5) is 13.6. The number of piperazine rings is 1. The van der Waals surface area contributed by atoms with Gasteiger partial charge in [0.25, 0.3) is 0 Å². The molecule has 2 heterocycles. The number of thioether (sulfide) groups is 1. The van der Waals surface area contributed by atoms with Gasteiger partial charge in [0.2, 0.25) is 5.91 Å². The molecule has 0 unspecified atom stereocenters. The summed E-state index contributed by atoms with van der Waals surface area (Å²) in [6.45, 7) is 8.48. The van der Waals surface area contributed by atoms with Crippen molar-refractivity contribution < 1.29 is 4.79 Å². The monoisotopic (exact) mass is 214 g/mol. The van der Waals surface area contributed by atoms with Crippen LogP contribution in [0.4, 0.5) is 0 Å². The summed E-state index contributed by atoms with van der Waals surface area (Å²) in [6, 6.07) is 0. The molecule has 2 aliphatic rings. The molecule has 0 aromatic carbocycles. The average molecular weight is 214 g/mol. The van der Waals surface area contributed by atoms with E-state index in [0.29, 0.717) is 23.0 Å². The van der Waals surface area contributed by atoms with E-state index in [-0.39, 0.29) is 5.54 Å². The SMILES string of the molecule is CC(C)[C@]1(C)NCCN2C(=O)CS[C@H]21. The molecule has 0 aliphatic carbocycles. The minimum Gasteiger partial charge on any atom is -0.327 e. The summed E-state index contributed by atoms with van der Waals surface area (Å²) in [5.41, 5.74) is 0.0784. The second kappa shape index (κ2) is 3.42. The first kappa shape index (κ1) is 10.3. The van der Waals surface area contributed by atoms with E-state index in [0.717, 1.165) is 13.1 Å². The molecule has 1 N–H and O–H groups in total. The second-order valence-electron chi connectivity index (χ2n) is 4.61. The number of rotatable bonds is 1. The van der Waals surface area contributed by atoms with Crippen LogP contribution in [-0.4, -0.2) is 40.6 Å². The lowest BCUT2D eigenvalue weighted by Gasteiger charge is -2.47. The molecule has 0 aromatic heterocycles. The summed E-state index contributed by atoms with van der Waals surface area (Å²) in [5, 5.41) is 3.91. The van der Waals surface area contributed by atoms with Crippen LogP contribution in [0.15, 0.2) is 0 Å². The largest absolute Gasteiger partial charge is 0.327 e. The lowest BCUT2D eigenvalue weighted by atomic mass is 9.86. The quantitative estimate of drug-likeness (QED) is 0.704. The van der Waals surface area contributed by atoms with Crippen LogP contribution >= 0.6 is 11.8 Å². The van der Waals surface area contributed by atoms with Crippen LogP contribution in [0.3, 0.4) is 0 Å². The Hall–Kier alpha value is -0.220. The van der Waals surface area contributed by atoms with Gasteiger partial charge in [-0.1, -0.05) is 13.8 Å². The van der Waals surface area contributed by atoms with Crippen molar-refractivity contribution in [3.8, 4) is 0 Å². The van der Waals surface area contributed by atoms with Gasteiger partial charge in [0.05, 0.1) is 11.1 Å². The molecular weight excluding hydrogens is 196 g/mol. The molecule has 0 bridgehead atoms. The Morgan fingerprint density at radius 2 is 2.36 bits per heavy atom. The van der Waals surface area contributed by atoms with Crippen LogP contribution in [0, 0.1) is 5.92 Å². The van der Waals surface area contributed by atoms with Crippen molar-refractivity contribution in [1.82, 2.24) is 10.2 Å². The maximum atomic E-state index is 11.6. The molecule has 0 spiro atoms. The predicted molar refractivity (Wildman–Crippen MR) is 59.2 cm³/mol. The zero-order chi connectivity index (χ0) is 10.3. The highest BCUT2D eigenvalue weighted by molar-refractivity contribution is 8.01. The van der Waals surface area contributed by atoms with Crippen molar-refractivity contribution in [3.63, 3.8) is 0 Å². The molecule has 14 heavy (non-hydrogen) atoms. The molecule has 80 valence electrons. The van der Waals surface area contributed by atoms with Gasteiger partial charge >= 0.3 is 0 Å². The topological polar surface area (TPSA) is 32.3 Å². The molecular formula is C10H18N2OS. The average Bonchev–Trinajstić information content (AvgIpc) is 2.50. The fourth-order valence-electron chi connectivity index (χ4n) is 2.21. The fourth-order valence-corrected chi connectivity index (χ4v) is 3.79. The standard InChI is InChI=1S/C10H18N2OS/c1-7(2)10(3)9-12(5-4-11-10)8(13)6-14-9/h7,9,11H,4-6H2,1-3H3/t9-,10-/m0/s1. The Kier molecular flexibility index (Phi) is 2.52. The Bertz CT molecular complexity index is 257. The zero-order valence-electron chi connectivity index (χ0n) is 9.04. The molecule has 3 nitrogen and oxygen atoms in total. The fraction of sp³-hybridized carbons (Fsp3) is 0.900. The van der Waals surface area contributed by atoms with Crippen LogP contribution in [-0.2, 0) is 4.79 Å². The third-order valence-corrected chi connectivity index (χ3v) is 5.01. The van der Waals surface area contributed by atoms with E-state index in [1.54, 1.807) is 11.8 Å². The highest BCUT2D eigenvalue weighted by Crippen LogP contribution is 2.38. The van der Waals surface area contributed by atoms with E-state index in [9.17, 15) is 4.79 Å². The number of hydrogen-bond donors (Lipinski definition) is 1. The number of fused-ring (bicyclic) bond motifs is 1. The number of carbonyl (C=O) groups excluding carboxylic acids is 1. The first-order valence-corrected chi connectivity index (χ1v) is 6.26. The molecule has 4 heteroatoms. The maximum Gasteiger partial charge on any atom is 0.233 e. The molecule has 2 aliphatic heterocycles. The van der Waals surface area contributed by atoms with Gasteiger partial charge in [0, 0.05) is 18.6 Å². The number of amides is 1. The number of carbonyl (C=O) groups is 1. The molecule has 2 atom stereocenters. The van der Waals surface area contributed by atoms with E-state index >= 15 is 0 Å². The first-order valence-electron chi connectivity index (χ1n) is 5.22. The molecule has 2 saturated heterocycles. The van der Waals surface area contributed by atoms with Gasteiger partial charge in [-0.3, -0.25) is 4.79 Å². The minimum absolute atomic E-state index is 0.0784. The number of hydrogen-bond acceptors (Lipinski definition) is 3. The van der Waals surface area contributed by atoms with Crippen LogP contribution in [0.2, 0.25) is 0 Å². The Morgan fingerprint density at radius 3 is 3.00 bits per heavy atom. The highest BCUT2D eigenvalue weighted by Gasteiger charge is 2.48. The highest BCUT2D eigenvalue weighted by atomic mass is 32.2. The number of nitrogens with zero attached hydrogens (tertiary/aromatic N) is 1. The van der Waals surface area contributed by atoms with Crippen molar-refractivity contribution in [2.75, 3.05) is 18.8 Å². The third-order valence-electron chi connectivity index (χ3n) is 3.54. The summed E-state index contributed by atoms with van der Waals surface area (Å²) < 4.78 is 0.